The van der Waals surface area contributed by atoms with Gasteiger partial charge in [-0.05, 0) is 11.1 Å². The lowest BCUT2D eigenvalue weighted by molar-refractivity contribution is -0.203. The molecule has 1 heterocycles. The summed E-state index contributed by atoms with van der Waals surface area (Å²) in [5, 5.41) is 16.0. The van der Waals surface area contributed by atoms with Crippen LogP contribution in [0.5, 0.6) is 0 Å². The SMILES string of the molecule is [N-]=[N+]=NC[C@H](C[C@@H](O)C(=O)ON1C(=O)CCC1=O)NC(=O)OCc1ccccc1. The quantitative estimate of drug-likeness (QED) is 0.266. The summed E-state index contributed by atoms with van der Waals surface area (Å²) < 4.78 is 5.04. The Morgan fingerprint density at radius 3 is 2.52 bits per heavy atom. The first-order chi connectivity index (χ1) is 13.9. The first-order valence-electron chi connectivity index (χ1n) is 8.64. The maximum atomic E-state index is 11.9. The van der Waals surface area contributed by atoms with E-state index in [1.165, 1.54) is 0 Å². The maximum absolute atomic E-state index is 11.9. The van der Waals surface area contributed by atoms with E-state index in [2.05, 4.69) is 20.2 Å². The molecule has 12 heteroatoms. The molecule has 1 saturated heterocycles. The summed E-state index contributed by atoms with van der Waals surface area (Å²) in [7, 11) is 0. The van der Waals surface area contributed by atoms with Gasteiger partial charge in [0.2, 0.25) is 0 Å². The number of carbonyl (C=O) groups excluding carboxylic acids is 4. The Morgan fingerprint density at radius 2 is 1.90 bits per heavy atom. The largest absolute Gasteiger partial charge is 0.445 e. The molecule has 2 atom stereocenters. The molecule has 1 aliphatic rings. The van der Waals surface area contributed by atoms with Crippen LogP contribution in [0.4, 0.5) is 4.79 Å². The number of hydrogen-bond acceptors (Lipinski definition) is 8. The number of aliphatic hydroxyl groups excluding tert-OH is 1. The van der Waals surface area contributed by atoms with Gasteiger partial charge in [0.05, 0.1) is 0 Å². The lowest BCUT2D eigenvalue weighted by Crippen LogP contribution is -2.43. The summed E-state index contributed by atoms with van der Waals surface area (Å²) in [6.07, 6.45) is -3.20. The number of amides is 3. The van der Waals surface area contributed by atoms with Gasteiger partial charge in [0.15, 0.2) is 6.10 Å². The number of benzene rings is 1. The van der Waals surface area contributed by atoms with Crippen molar-refractivity contribution in [1.29, 1.82) is 0 Å². The van der Waals surface area contributed by atoms with Gasteiger partial charge in [-0.2, -0.15) is 0 Å². The van der Waals surface area contributed by atoms with E-state index in [0.29, 0.717) is 5.06 Å². The van der Waals surface area contributed by atoms with Crippen molar-refractivity contribution >= 4 is 23.9 Å². The van der Waals surface area contributed by atoms with E-state index in [-0.39, 0.29) is 26.0 Å². The number of alkyl carbamates (subject to hydrolysis) is 1. The molecule has 2 N–H and O–H groups in total. The van der Waals surface area contributed by atoms with Crippen LogP contribution < -0.4 is 5.32 Å². The molecule has 1 aliphatic heterocycles. The molecule has 12 nitrogen and oxygen atoms in total. The highest BCUT2D eigenvalue weighted by molar-refractivity contribution is 6.01. The molecule has 1 fully saturated rings. The number of azide groups is 1. The van der Waals surface area contributed by atoms with Gasteiger partial charge in [-0.25, -0.2) is 9.59 Å². The highest BCUT2D eigenvalue weighted by Gasteiger charge is 2.35. The van der Waals surface area contributed by atoms with Crippen molar-refractivity contribution < 1.29 is 33.9 Å². The van der Waals surface area contributed by atoms with E-state index in [0.717, 1.165) is 5.56 Å². The first-order valence-corrected chi connectivity index (χ1v) is 8.64. The number of nitrogens with one attached hydrogen (secondary N) is 1. The molecule has 0 aliphatic carbocycles. The second kappa shape index (κ2) is 10.6. The number of hydroxylamine groups is 2. The molecule has 0 saturated carbocycles. The second-order valence-electron chi connectivity index (χ2n) is 6.06. The Kier molecular flexibility index (Phi) is 7.95. The molecular weight excluding hydrogens is 386 g/mol. The van der Waals surface area contributed by atoms with Crippen LogP contribution in [-0.2, 0) is 30.6 Å². The van der Waals surface area contributed by atoms with Gasteiger partial charge in [0.1, 0.15) is 6.61 Å². The van der Waals surface area contributed by atoms with Crippen LogP contribution in [0.15, 0.2) is 35.4 Å². The predicted molar refractivity (Wildman–Crippen MR) is 95.4 cm³/mol. The molecule has 1 aromatic rings. The van der Waals surface area contributed by atoms with Gasteiger partial charge >= 0.3 is 12.1 Å². The molecule has 2 rings (SSSR count). The highest BCUT2D eigenvalue weighted by atomic mass is 16.7. The van der Waals surface area contributed by atoms with Crippen molar-refractivity contribution in [3.8, 4) is 0 Å². The minimum atomic E-state index is -1.79. The average molecular weight is 405 g/mol. The molecule has 0 spiro atoms. The zero-order chi connectivity index (χ0) is 21.2. The number of rotatable bonds is 9. The summed E-state index contributed by atoms with van der Waals surface area (Å²) in [4.78, 5) is 54.0. The zero-order valence-corrected chi connectivity index (χ0v) is 15.3. The Bertz CT molecular complexity index is 794. The smallest absolute Gasteiger partial charge is 0.407 e. The van der Waals surface area contributed by atoms with Gasteiger partial charge in [-0.3, -0.25) is 9.59 Å². The third-order valence-corrected chi connectivity index (χ3v) is 3.87. The molecule has 29 heavy (non-hydrogen) atoms. The summed E-state index contributed by atoms with van der Waals surface area (Å²) >= 11 is 0. The van der Waals surface area contributed by atoms with Crippen molar-refractivity contribution in [2.75, 3.05) is 6.54 Å². The van der Waals surface area contributed by atoms with Gasteiger partial charge in [0, 0.05) is 36.8 Å². The number of ether oxygens (including phenoxy) is 1. The molecule has 154 valence electrons. The highest BCUT2D eigenvalue weighted by Crippen LogP contribution is 2.14. The molecule has 0 radical (unpaired) electrons. The van der Waals surface area contributed by atoms with Crippen LogP contribution in [0.25, 0.3) is 10.4 Å². The van der Waals surface area contributed by atoms with Gasteiger partial charge < -0.3 is 20.0 Å². The van der Waals surface area contributed by atoms with E-state index in [1.807, 2.05) is 6.07 Å². The summed E-state index contributed by atoms with van der Waals surface area (Å²) in [6.45, 7) is -0.284. The molecular formula is C17H19N5O7. The van der Waals surface area contributed by atoms with Crippen LogP contribution in [0.1, 0.15) is 24.8 Å². The van der Waals surface area contributed by atoms with Crippen molar-refractivity contribution in [2.24, 2.45) is 5.11 Å². The van der Waals surface area contributed by atoms with E-state index in [4.69, 9.17) is 10.3 Å². The first kappa shape index (κ1) is 21.7. The Morgan fingerprint density at radius 1 is 1.24 bits per heavy atom. The molecule has 0 bridgehead atoms. The molecule has 0 aromatic heterocycles. The van der Waals surface area contributed by atoms with Gasteiger partial charge in [-0.1, -0.05) is 35.4 Å². The third kappa shape index (κ3) is 6.79. The minimum Gasteiger partial charge on any atom is -0.445 e. The van der Waals surface area contributed by atoms with Crippen LogP contribution in [-0.4, -0.2) is 52.7 Å². The average Bonchev–Trinajstić information content (AvgIpc) is 3.03. The van der Waals surface area contributed by atoms with Crippen LogP contribution in [0.3, 0.4) is 0 Å². The lowest BCUT2D eigenvalue weighted by Gasteiger charge is -2.20. The number of aliphatic hydroxyl groups is 1. The summed E-state index contributed by atoms with van der Waals surface area (Å²) in [5.74, 6) is -2.63. The fourth-order valence-corrected chi connectivity index (χ4v) is 2.42. The van der Waals surface area contributed by atoms with Crippen molar-refractivity contribution in [3.63, 3.8) is 0 Å². The standard InChI is InChI=1S/C17H19N5O7/c18-21-19-9-12(20-17(27)28-10-11-4-2-1-3-5-11)8-13(23)16(26)29-22-14(24)6-7-15(22)25/h1-5,12-13,23H,6-10H2,(H,20,27)/t12-,13+/m0/s1. The van der Waals surface area contributed by atoms with E-state index >= 15 is 0 Å². The Hall–Kier alpha value is -3.63. The zero-order valence-electron chi connectivity index (χ0n) is 15.3. The number of hydrogen-bond donors (Lipinski definition) is 2. The summed E-state index contributed by atoms with van der Waals surface area (Å²) in [5.41, 5.74) is 9.22. The van der Waals surface area contributed by atoms with Gasteiger partial charge in [-0.15, -0.1) is 5.06 Å². The van der Waals surface area contributed by atoms with Crippen molar-refractivity contribution in [3.05, 3.63) is 46.3 Å². The predicted octanol–water partition coefficient (Wildman–Crippen LogP) is 0.950. The minimum absolute atomic E-state index is 0.00924. The fraction of sp³-hybridized carbons (Fsp3) is 0.412. The van der Waals surface area contributed by atoms with E-state index in [9.17, 15) is 24.3 Å². The fourth-order valence-electron chi connectivity index (χ4n) is 2.42. The topological polar surface area (TPSA) is 171 Å². The van der Waals surface area contributed by atoms with Crippen LogP contribution in [0.2, 0.25) is 0 Å². The third-order valence-electron chi connectivity index (χ3n) is 3.87. The number of carbonyl (C=O) groups is 4. The Labute approximate surface area is 165 Å². The van der Waals surface area contributed by atoms with Crippen LogP contribution in [0, 0.1) is 0 Å². The number of nitrogens with zero attached hydrogens (tertiary/aromatic N) is 4. The molecule has 1 aromatic carbocycles. The van der Waals surface area contributed by atoms with Crippen LogP contribution >= 0.6 is 0 Å². The second-order valence-corrected chi connectivity index (χ2v) is 6.06. The van der Waals surface area contributed by atoms with Crippen molar-refractivity contribution in [1.82, 2.24) is 10.4 Å². The molecule has 0 unspecified atom stereocenters. The number of imide groups is 1. The summed E-state index contributed by atoms with van der Waals surface area (Å²) in [6, 6.07) is 7.92. The lowest BCUT2D eigenvalue weighted by atomic mass is 10.1. The normalized spacial score (nSPS) is 15.3. The Balaban J connectivity index is 1.88. The maximum Gasteiger partial charge on any atom is 0.407 e. The van der Waals surface area contributed by atoms with Crippen molar-refractivity contribution in [2.45, 2.75) is 38.0 Å². The van der Waals surface area contributed by atoms with E-state index < -0.39 is 42.4 Å². The van der Waals surface area contributed by atoms with E-state index in [1.54, 1.807) is 24.3 Å². The van der Waals surface area contributed by atoms with Gasteiger partial charge in [0.25, 0.3) is 11.8 Å². The molecule has 3 amide bonds. The monoisotopic (exact) mass is 405 g/mol.